The molecule has 0 saturated heterocycles. The molecule has 152 valence electrons. The second-order valence-corrected chi connectivity index (χ2v) is 7.12. The Bertz CT molecular complexity index is 1210. The van der Waals surface area contributed by atoms with Gasteiger partial charge in [-0.15, -0.1) is 0 Å². The van der Waals surface area contributed by atoms with Gasteiger partial charge >= 0.3 is 0 Å². The van der Waals surface area contributed by atoms with Crippen LogP contribution in [0.15, 0.2) is 65.6 Å². The van der Waals surface area contributed by atoms with Crippen molar-refractivity contribution in [3.63, 3.8) is 0 Å². The number of nitrogens with zero attached hydrogens (tertiary/aromatic N) is 3. The van der Waals surface area contributed by atoms with E-state index in [-0.39, 0.29) is 18.0 Å². The summed E-state index contributed by atoms with van der Waals surface area (Å²) in [6.45, 7) is 2.27. The summed E-state index contributed by atoms with van der Waals surface area (Å²) in [7, 11) is 0. The van der Waals surface area contributed by atoms with Gasteiger partial charge in [-0.25, -0.2) is 9.67 Å². The number of para-hydroxylation sites is 1. The first-order chi connectivity index (χ1) is 14.7. The molecule has 4 aromatic rings. The fourth-order valence-corrected chi connectivity index (χ4v) is 3.28. The SMILES string of the molecule is CCCCc1ccc(C(=O)NCc2nc3c(cnn3-c3ccccc3)c(=O)[nH]2)cc1. The van der Waals surface area contributed by atoms with Crippen molar-refractivity contribution in [3.8, 4) is 5.69 Å². The Morgan fingerprint density at radius 1 is 1.10 bits per heavy atom. The van der Waals surface area contributed by atoms with E-state index in [0.717, 1.165) is 24.9 Å². The molecule has 2 aromatic carbocycles. The number of amides is 1. The van der Waals surface area contributed by atoms with Crippen LogP contribution in [-0.4, -0.2) is 25.7 Å². The highest BCUT2D eigenvalue weighted by Crippen LogP contribution is 2.13. The first kappa shape index (κ1) is 19.6. The van der Waals surface area contributed by atoms with Crippen molar-refractivity contribution in [1.82, 2.24) is 25.1 Å². The van der Waals surface area contributed by atoms with Crippen LogP contribution in [0.2, 0.25) is 0 Å². The minimum absolute atomic E-state index is 0.113. The molecule has 7 heteroatoms. The van der Waals surface area contributed by atoms with Crippen molar-refractivity contribution in [2.75, 3.05) is 0 Å². The van der Waals surface area contributed by atoms with E-state index >= 15 is 0 Å². The zero-order valence-corrected chi connectivity index (χ0v) is 16.8. The van der Waals surface area contributed by atoms with E-state index in [1.807, 2.05) is 54.6 Å². The molecule has 0 unspecified atom stereocenters. The number of carbonyl (C=O) groups excluding carboxylic acids is 1. The standard InChI is InChI=1S/C23H23N5O2/c1-2-3-7-16-10-12-17(13-11-16)22(29)24-15-20-26-21-19(23(30)27-20)14-25-28(21)18-8-5-4-6-9-18/h4-6,8-14H,2-3,7,15H2,1H3,(H,24,29)(H,26,27,30). The van der Waals surface area contributed by atoms with Crippen molar-refractivity contribution in [1.29, 1.82) is 0 Å². The first-order valence-corrected chi connectivity index (χ1v) is 10.0. The van der Waals surface area contributed by atoms with Crippen LogP contribution in [0, 0.1) is 0 Å². The van der Waals surface area contributed by atoms with E-state index in [2.05, 4.69) is 27.3 Å². The molecule has 7 nitrogen and oxygen atoms in total. The number of hydrogen-bond acceptors (Lipinski definition) is 4. The Balaban J connectivity index is 1.51. The summed E-state index contributed by atoms with van der Waals surface area (Å²) in [5.41, 5.74) is 2.77. The minimum atomic E-state index is -0.285. The molecule has 0 atom stereocenters. The molecule has 0 fully saturated rings. The largest absolute Gasteiger partial charge is 0.345 e. The van der Waals surface area contributed by atoms with Crippen LogP contribution in [-0.2, 0) is 13.0 Å². The molecule has 1 amide bonds. The quantitative estimate of drug-likeness (QED) is 0.496. The molecule has 2 aromatic heterocycles. The lowest BCUT2D eigenvalue weighted by atomic mass is 10.1. The molecule has 0 aliphatic carbocycles. The van der Waals surface area contributed by atoms with Crippen LogP contribution >= 0.6 is 0 Å². The fourth-order valence-electron chi connectivity index (χ4n) is 3.28. The highest BCUT2D eigenvalue weighted by atomic mass is 16.1. The van der Waals surface area contributed by atoms with Gasteiger partial charge in [-0.05, 0) is 42.7 Å². The summed E-state index contributed by atoms with van der Waals surface area (Å²) in [5.74, 6) is 0.162. The van der Waals surface area contributed by atoms with Crippen molar-refractivity contribution in [2.24, 2.45) is 0 Å². The van der Waals surface area contributed by atoms with Crippen LogP contribution in [0.1, 0.15) is 41.5 Å². The van der Waals surface area contributed by atoms with E-state index in [1.165, 1.54) is 11.8 Å². The molecule has 0 bridgehead atoms. The summed E-state index contributed by atoms with van der Waals surface area (Å²) in [6.07, 6.45) is 4.78. The number of fused-ring (bicyclic) bond motifs is 1. The molecule has 2 heterocycles. The number of aromatic nitrogens is 4. The number of carbonyl (C=O) groups is 1. The summed E-state index contributed by atoms with van der Waals surface area (Å²) in [5, 5.41) is 7.51. The zero-order valence-electron chi connectivity index (χ0n) is 16.8. The van der Waals surface area contributed by atoms with Gasteiger partial charge in [-0.2, -0.15) is 5.10 Å². The van der Waals surface area contributed by atoms with E-state index < -0.39 is 0 Å². The maximum Gasteiger partial charge on any atom is 0.262 e. The van der Waals surface area contributed by atoms with Crippen LogP contribution in [0.3, 0.4) is 0 Å². The molecule has 0 spiro atoms. The Morgan fingerprint density at radius 3 is 2.60 bits per heavy atom. The van der Waals surface area contributed by atoms with Gasteiger partial charge in [-0.1, -0.05) is 43.7 Å². The number of unbranched alkanes of at least 4 members (excludes halogenated alkanes) is 1. The van der Waals surface area contributed by atoms with Crippen LogP contribution in [0.5, 0.6) is 0 Å². The van der Waals surface area contributed by atoms with Gasteiger partial charge in [0.15, 0.2) is 5.65 Å². The lowest BCUT2D eigenvalue weighted by molar-refractivity contribution is 0.0950. The maximum atomic E-state index is 12.5. The maximum absolute atomic E-state index is 12.5. The Kier molecular flexibility index (Phi) is 5.70. The van der Waals surface area contributed by atoms with E-state index in [4.69, 9.17) is 0 Å². The molecule has 4 rings (SSSR count). The zero-order chi connectivity index (χ0) is 20.9. The number of aryl methyl sites for hydroxylation is 1. The number of hydrogen-bond donors (Lipinski definition) is 2. The van der Waals surface area contributed by atoms with Gasteiger partial charge in [-0.3, -0.25) is 9.59 Å². The predicted molar refractivity (Wildman–Crippen MR) is 116 cm³/mol. The molecule has 0 aliphatic heterocycles. The summed E-state index contributed by atoms with van der Waals surface area (Å²) in [6, 6.07) is 17.1. The summed E-state index contributed by atoms with van der Waals surface area (Å²) >= 11 is 0. The van der Waals surface area contributed by atoms with E-state index in [1.54, 1.807) is 4.68 Å². The second kappa shape index (κ2) is 8.73. The summed E-state index contributed by atoms with van der Waals surface area (Å²) < 4.78 is 1.62. The normalized spacial score (nSPS) is 11.0. The first-order valence-electron chi connectivity index (χ1n) is 10.0. The average molecular weight is 401 g/mol. The lowest BCUT2D eigenvalue weighted by Crippen LogP contribution is -2.25. The van der Waals surface area contributed by atoms with Gasteiger partial charge in [0, 0.05) is 5.56 Å². The van der Waals surface area contributed by atoms with Crippen molar-refractivity contribution in [2.45, 2.75) is 32.7 Å². The third-order valence-corrected chi connectivity index (χ3v) is 4.94. The Morgan fingerprint density at radius 2 is 1.87 bits per heavy atom. The number of H-pyrrole nitrogens is 1. The number of nitrogens with one attached hydrogen (secondary N) is 2. The molecule has 2 N–H and O–H groups in total. The molecular formula is C23H23N5O2. The minimum Gasteiger partial charge on any atom is -0.345 e. The van der Waals surface area contributed by atoms with Gasteiger partial charge in [0.05, 0.1) is 18.4 Å². The van der Waals surface area contributed by atoms with Gasteiger partial charge < -0.3 is 10.3 Å². The van der Waals surface area contributed by atoms with E-state index in [0.29, 0.717) is 22.4 Å². The third kappa shape index (κ3) is 4.15. The topological polar surface area (TPSA) is 92.7 Å². The van der Waals surface area contributed by atoms with Crippen LogP contribution < -0.4 is 10.9 Å². The molecular weight excluding hydrogens is 378 g/mol. The molecule has 0 aliphatic rings. The van der Waals surface area contributed by atoms with Crippen molar-refractivity contribution in [3.05, 3.63) is 88.1 Å². The predicted octanol–water partition coefficient (Wildman–Crippen LogP) is 3.38. The van der Waals surface area contributed by atoms with Crippen molar-refractivity contribution >= 4 is 16.9 Å². The van der Waals surface area contributed by atoms with Crippen LogP contribution in [0.4, 0.5) is 0 Å². The smallest absolute Gasteiger partial charge is 0.262 e. The summed E-state index contributed by atoms with van der Waals surface area (Å²) in [4.78, 5) is 32.1. The average Bonchev–Trinajstić information content (AvgIpc) is 3.21. The molecule has 0 saturated carbocycles. The van der Waals surface area contributed by atoms with Gasteiger partial charge in [0.2, 0.25) is 0 Å². The van der Waals surface area contributed by atoms with E-state index in [9.17, 15) is 9.59 Å². The van der Waals surface area contributed by atoms with Crippen LogP contribution in [0.25, 0.3) is 16.7 Å². The molecule has 30 heavy (non-hydrogen) atoms. The monoisotopic (exact) mass is 401 g/mol. The fraction of sp³-hybridized carbons (Fsp3) is 0.217. The number of benzene rings is 2. The van der Waals surface area contributed by atoms with Crippen molar-refractivity contribution < 1.29 is 4.79 Å². The second-order valence-electron chi connectivity index (χ2n) is 7.12. The lowest BCUT2D eigenvalue weighted by Gasteiger charge is -2.07. The van der Waals surface area contributed by atoms with Gasteiger partial charge in [0.25, 0.3) is 11.5 Å². The number of rotatable bonds is 7. The Hall–Kier alpha value is -3.74. The highest BCUT2D eigenvalue weighted by molar-refractivity contribution is 5.94. The third-order valence-electron chi connectivity index (χ3n) is 4.94. The van der Waals surface area contributed by atoms with Gasteiger partial charge in [0.1, 0.15) is 11.2 Å². The Labute approximate surface area is 173 Å². The highest BCUT2D eigenvalue weighted by Gasteiger charge is 2.12. The molecule has 0 radical (unpaired) electrons. The number of aromatic amines is 1.